The van der Waals surface area contributed by atoms with Crippen LogP contribution in [0.1, 0.15) is 17.2 Å². The highest BCUT2D eigenvalue weighted by Gasteiger charge is 2.37. The van der Waals surface area contributed by atoms with Crippen LogP contribution in [0.3, 0.4) is 0 Å². The van der Waals surface area contributed by atoms with E-state index >= 15 is 0 Å². The number of benzene rings is 2. The largest absolute Gasteiger partial charge is 0.417 e. The maximum atomic E-state index is 13.2. The van der Waals surface area contributed by atoms with Crippen LogP contribution in [0.4, 0.5) is 24.0 Å². The second-order valence-corrected chi connectivity index (χ2v) is 6.63. The summed E-state index contributed by atoms with van der Waals surface area (Å²) in [6, 6.07) is 12.0. The van der Waals surface area contributed by atoms with Crippen LogP contribution in [0.5, 0.6) is 0 Å². The molecule has 0 fully saturated rings. The van der Waals surface area contributed by atoms with Crippen LogP contribution >= 0.6 is 11.3 Å². The Bertz CT molecular complexity index is 1020. The molecule has 0 saturated carbocycles. The number of amides is 1. The van der Waals surface area contributed by atoms with Gasteiger partial charge in [-0.3, -0.25) is 4.79 Å². The molecule has 0 saturated heterocycles. The number of halogens is 3. The van der Waals surface area contributed by atoms with Gasteiger partial charge in [0.15, 0.2) is 6.10 Å². The molecule has 1 amide bonds. The maximum absolute atomic E-state index is 13.2. The van der Waals surface area contributed by atoms with E-state index in [1.807, 2.05) is 0 Å². The predicted molar refractivity (Wildman–Crippen MR) is 91.9 cm³/mol. The predicted octanol–water partition coefficient (Wildman–Crippen LogP) is 3.83. The summed E-state index contributed by atoms with van der Waals surface area (Å²) in [6.07, 6.45) is -5.52. The lowest BCUT2D eigenvalue weighted by atomic mass is 10.1. The molecule has 3 aromatic rings. The number of hydrogen-bond donors (Lipinski definition) is 1. The van der Waals surface area contributed by atoms with Gasteiger partial charge in [-0.1, -0.05) is 47.7 Å². The minimum Gasteiger partial charge on any atom is -0.367 e. The Balaban J connectivity index is 1.74. The van der Waals surface area contributed by atoms with Crippen molar-refractivity contribution in [3.63, 3.8) is 0 Å². The third-order valence-corrected chi connectivity index (χ3v) is 4.88. The summed E-state index contributed by atoms with van der Waals surface area (Å²) >= 11 is 0.917. The van der Waals surface area contributed by atoms with Crippen molar-refractivity contribution < 1.29 is 22.8 Å². The van der Waals surface area contributed by atoms with Crippen molar-refractivity contribution in [3.05, 3.63) is 59.7 Å². The van der Waals surface area contributed by atoms with E-state index in [0.717, 1.165) is 17.4 Å². The molecule has 1 aromatic heterocycles. The van der Waals surface area contributed by atoms with Gasteiger partial charge in [-0.05, 0) is 12.1 Å². The molecule has 1 unspecified atom stereocenters. The van der Waals surface area contributed by atoms with E-state index < -0.39 is 23.8 Å². The normalized spacial score (nSPS) is 16.4. The van der Waals surface area contributed by atoms with Crippen LogP contribution in [0, 0.1) is 0 Å². The van der Waals surface area contributed by atoms with E-state index in [-0.39, 0.29) is 15.7 Å². The highest BCUT2D eigenvalue weighted by atomic mass is 32.1. The van der Waals surface area contributed by atoms with Crippen LogP contribution in [0.2, 0.25) is 0 Å². The minimum absolute atomic E-state index is 0.0762. The number of aromatic nitrogens is 2. The Kier molecular flexibility index (Phi) is 4.08. The monoisotopic (exact) mass is 392 g/mol. The first-order valence-electron chi connectivity index (χ1n) is 7.71. The molecule has 2 heterocycles. The molecule has 1 aliphatic heterocycles. The first-order valence-corrected chi connectivity index (χ1v) is 8.53. The molecule has 0 aliphatic carbocycles. The molecule has 1 aliphatic rings. The van der Waals surface area contributed by atoms with Crippen molar-refractivity contribution in [2.75, 3.05) is 5.06 Å². The first-order chi connectivity index (χ1) is 12.9. The Labute approximate surface area is 155 Å². The second kappa shape index (κ2) is 6.32. The highest BCUT2D eigenvalue weighted by Crippen LogP contribution is 2.45. The number of alkyl halides is 3. The standard InChI is InChI=1S/C17H11F3N4O2S/c18-17(19,20)11-7-3-1-5-9(11)15-22-23-16(27-15)24-12-8-4-2-6-10(12)13(26-24)14(21)25/h1-8,13H,(H2,21,25). The van der Waals surface area contributed by atoms with E-state index in [0.29, 0.717) is 11.3 Å². The van der Waals surface area contributed by atoms with E-state index in [1.54, 1.807) is 24.3 Å². The summed E-state index contributed by atoms with van der Waals surface area (Å²) in [5.74, 6) is -0.683. The summed E-state index contributed by atoms with van der Waals surface area (Å²) in [6.45, 7) is 0. The topological polar surface area (TPSA) is 81.3 Å². The molecule has 0 radical (unpaired) electrons. The maximum Gasteiger partial charge on any atom is 0.417 e. The van der Waals surface area contributed by atoms with Crippen LogP contribution in [0.15, 0.2) is 48.5 Å². The summed E-state index contributed by atoms with van der Waals surface area (Å²) < 4.78 is 39.7. The van der Waals surface area contributed by atoms with E-state index in [1.165, 1.54) is 23.3 Å². The number of rotatable bonds is 3. The molecule has 138 valence electrons. The molecule has 2 aromatic carbocycles. The van der Waals surface area contributed by atoms with Gasteiger partial charge in [0.2, 0.25) is 5.13 Å². The number of nitrogens with zero attached hydrogens (tertiary/aromatic N) is 3. The smallest absolute Gasteiger partial charge is 0.367 e. The number of anilines is 2. The minimum atomic E-state index is -4.52. The van der Waals surface area contributed by atoms with Gasteiger partial charge in [0, 0.05) is 11.1 Å². The number of nitrogens with two attached hydrogens (primary N) is 1. The Hall–Kier alpha value is -2.98. The van der Waals surface area contributed by atoms with Crippen LogP contribution < -0.4 is 10.8 Å². The van der Waals surface area contributed by atoms with Gasteiger partial charge < -0.3 is 5.73 Å². The van der Waals surface area contributed by atoms with Crippen LogP contribution in [-0.4, -0.2) is 16.1 Å². The van der Waals surface area contributed by atoms with Crippen molar-refractivity contribution in [2.24, 2.45) is 5.73 Å². The Morgan fingerprint density at radius 2 is 1.81 bits per heavy atom. The van der Waals surface area contributed by atoms with Crippen molar-refractivity contribution in [3.8, 4) is 10.6 Å². The molecular weight excluding hydrogens is 381 g/mol. The molecular formula is C17H11F3N4O2S. The lowest BCUT2D eigenvalue weighted by Crippen LogP contribution is -2.23. The molecule has 27 heavy (non-hydrogen) atoms. The molecule has 6 nitrogen and oxygen atoms in total. The third kappa shape index (κ3) is 3.02. The van der Waals surface area contributed by atoms with E-state index in [9.17, 15) is 18.0 Å². The number of primary amides is 1. The summed E-state index contributed by atoms with van der Waals surface area (Å²) in [7, 11) is 0. The number of fused-ring (bicyclic) bond motifs is 1. The fourth-order valence-electron chi connectivity index (χ4n) is 2.79. The number of para-hydroxylation sites is 1. The van der Waals surface area contributed by atoms with Crippen molar-refractivity contribution in [1.82, 2.24) is 10.2 Å². The lowest BCUT2D eigenvalue weighted by Gasteiger charge is -2.14. The molecule has 1 atom stereocenters. The zero-order valence-electron chi connectivity index (χ0n) is 13.5. The van der Waals surface area contributed by atoms with Crippen LogP contribution in [0.25, 0.3) is 10.6 Å². The van der Waals surface area contributed by atoms with E-state index in [2.05, 4.69) is 10.2 Å². The van der Waals surface area contributed by atoms with Gasteiger partial charge >= 0.3 is 6.18 Å². The lowest BCUT2D eigenvalue weighted by molar-refractivity contribution is -0.137. The van der Waals surface area contributed by atoms with Crippen molar-refractivity contribution >= 4 is 28.1 Å². The van der Waals surface area contributed by atoms with Gasteiger partial charge in [0.05, 0.1) is 11.3 Å². The summed E-state index contributed by atoms with van der Waals surface area (Å²) in [5, 5.41) is 9.36. The Morgan fingerprint density at radius 3 is 2.56 bits per heavy atom. The zero-order valence-corrected chi connectivity index (χ0v) is 14.3. The summed E-state index contributed by atoms with van der Waals surface area (Å²) in [4.78, 5) is 17.2. The first kappa shape index (κ1) is 17.4. The number of carbonyl (C=O) groups excluding carboxylic acids is 1. The molecule has 10 heteroatoms. The van der Waals surface area contributed by atoms with Gasteiger partial charge in [0.25, 0.3) is 5.91 Å². The number of carbonyl (C=O) groups is 1. The average molecular weight is 392 g/mol. The second-order valence-electron chi connectivity index (χ2n) is 5.67. The van der Waals surface area contributed by atoms with Gasteiger partial charge in [-0.15, -0.1) is 10.2 Å². The van der Waals surface area contributed by atoms with Crippen molar-refractivity contribution in [1.29, 1.82) is 0 Å². The Morgan fingerprint density at radius 1 is 1.11 bits per heavy atom. The van der Waals surface area contributed by atoms with Crippen molar-refractivity contribution in [2.45, 2.75) is 12.3 Å². The van der Waals surface area contributed by atoms with Gasteiger partial charge in [0.1, 0.15) is 5.01 Å². The average Bonchev–Trinajstić information content (AvgIpc) is 3.26. The third-order valence-electron chi connectivity index (χ3n) is 3.96. The number of hydrogen-bond acceptors (Lipinski definition) is 6. The quantitative estimate of drug-likeness (QED) is 0.733. The fraction of sp³-hybridized carbons (Fsp3) is 0.118. The molecule has 4 rings (SSSR count). The molecule has 0 spiro atoms. The van der Waals surface area contributed by atoms with E-state index in [4.69, 9.17) is 10.6 Å². The summed E-state index contributed by atoms with van der Waals surface area (Å²) in [5.41, 5.74) is 5.58. The van der Waals surface area contributed by atoms with Gasteiger partial charge in [-0.25, -0.2) is 4.84 Å². The molecule has 0 bridgehead atoms. The zero-order chi connectivity index (χ0) is 19.2. The SMILES string of the molecule is NC(=O)C1ON(c2nnc(-c3ccccc3C(F)(F)F)s2)c2ccccc21. The van der Waals surface area contributed by atoms with Gasteiger partial charge in [-0.2, -0.15) is 18.2 Å². The molecule has 2 N–H and O–H groups in total. The fourth-order valence-corrected chi connectivity index (χ4v) is 3.64. The van der Waals surface area contributed by atoms with Crippen LogP contribution in [-0.2, 0) is 15.8 Å². The highest BCUT2D eigenvalue weighted by molar-refractivity contribution is 7.18.